The number of benzene rings is 1. The third kappa shape index (κ3) is 8.16. The lowest BCUT2D eigenvalue weighted by molar-refractivity contribution is -0.137. The van der Waals surface area contributed by atoms with Gasteiger partial charge in [-0.25, -0.2) is 13.1 Å². The normalized spacial score (nSPS) is 13.0. The Bertz CT molecular complexity index is 643. The predicted octanol–water partition coefficient (Wildman–Crippen LogP) is 1.31. The van der Waals surface area contributed by atoms with Crippen LogP contribution >= 0.6 is 0 Å². The molecule has 0 unspecified atom stereocenters. The Hall–Kier alpha value is -1.81. The molecule has 0 aliphatic carbocycles. The van der Waals surface area contributed by atoms with Gasteiger partial charge in [0, 0.05) is 26.7 Å². The molecule has 0 amide bonds. The van der Waals surface area contributed by atoms with Crippen molar-refractivity contribution < 1.29 is 21.6 Å². The van der Waals surface area contributed by atoms with Crippen molar-refractivity contribution in [2.24, 2.45) is 4.99 Å². The van der Waals surface area contributed by atoms with Gasteiger partial charge in [-0.1, -0.05) is 12.1 Å². The fourth-order valence-corrected chi connectivity index (χ4v) is 2.29. The highest BCUT2D eigenvalue weighted by atomic mass is 32.2. The van der Waals surface area contributed by atoms with Crippen molar-refractivity contribution >= 4 is 16.0 Å². The van der Waals surface area contributed by atoms with Crippen molar-refractivity contribution in [1.29, 1.82) is 0 Å². The van der Waals surface area contributed by atoms with Gasteiger partial charge < -0.3 is 10.6 Å². The summed E-state index contributed by atoms with van der Waals surface area (Å²) in [6, 6.07) is 4.87. The highest BCUT2D eigenvalue weighted by Gasteiger charge is 2.29. The Labute approximate surface area is 139 Å². The predicted molar refractivity (Wildman–Crippen MR) is 87.1 cm³/mol. The number of guanidine groups is 1. The monoisotopic (exact) mass is 366 g/mol. The fraction of sp³-hybridized carbons (Fsp3) is 0.500. The van der Waals surface area contributed by atoms with Crippen LogP contribution in [0.5, 0.6) is 0 Å². The summed E-state index contributed by atoms with van der Waals surface area (Å²) in [4.78, 5) is 3.98. The summed E-state index contributed by atoms with van der Waals surface area (Å²) in [5, 5.41) is 5.96. The van der Waals surface area contributed by atoms with Crippen molar-refractivity contribution in [2.75, 3.05) is 26.4 Å². The van der Waals surface area contributed by atoms with Gasteiger partial charge in [0.25, 0.3) is 0 Å². The van der Waals surface area contributed by atoms with Crippen LogP contribution < -0.4 is 15.4 Å². The number of rotatable bonds is 7. The van der Waals surface area contributed by atoms with E-state index in [-0.39, 0.29) is 0 Å². The molecular weight excluding hydrogens is 345 g/mol. The highest BCUT2D eigenvalue weighted by molar-refractivity contribution is 7.88. The van der Waals surface area contributed by atoms with E-state index in [1.807, 2.05) is 0 Å². The molecule has 0 aromatic heterocycles. The molecule has 10 heteroatoms. The number of aliphatic imine (C=N–C) groups is 1. The van der Waals surface area contributed by atoms with E-state index in [1.54, 1.807) is 7.05 Å². The molecule has 0 bridgehead atoms. The van der Waals surface area contributed by atoms with Gasteiger partial charge in [-0.2, -0.15) is 13.2 Å². The largest absolute Gasteiger partial charge is 0.416 e. The summed E-state index contributed by atoms with van der Waals surface area (Å²) < 4.78 is 61.6. The van der Waals surface area contributed by atoms with Crippen molar-refractivity contribution in [2.45, 2.75) is 19.1 Å². The first-order chi connectivity index (χ1) is 11.1. The van der Waals surface area contributed by atoms with Crippen molar-refractivity contribution in [1.82, 2.24) is 15.4 Å². The lowest BCUT2D eigenvalue weighted by atomic mass is 10.1. The summed E-state index contributed by atoms with van der Waals surface area (Å²) in [5.74, 6) is 0.481. The summed E-state index contributed by atoms with van der Waals surface area (Å²) in [6.07, 6.45) is -2.69. The first-order valence-corrected chi connectivity index (χ1v) is 9.06. The highest BCUT2D eigenvalue weighted by Crippen LogP contribution is 2.28. The Morgan fingerprint density at radius 1 is 1.12 bits per heavy atom. The number of hydrogen-bond donors (Lipinski definition) is 3. The zero-order valence-corrected chi connectivity index (χ0v) is 14.3. The van der Waals surface area contributed by atoms with Crippen LogP contribution in [0.3, 0.4) is 0 Å². The molecule has 1 aromatic carbocycles. The average Bonchev–Trinajstić information content (AvgIpc) is 2.48. The van der Waals surface area contributed by atoms with Crippen LogP contribution in [-0.4, -0.2) is 40.8 Å². The van der Waals surface area contributed by atoms with E-state index in [2.05, 4.69) is 20.3 Å². The average molecular weight is 366 g/mol. The zero-order chi connectivity index (χ0) is 18.2. The molecule has 1 rings (SSSR count). The van der Waals surface area contributed by atoms with E-state index >= 15 is 0 Å². The Balaban J connectivity index is 2.36. The van der Waals surface area contributed by atoms with E-state index in [0.29, 0.717) is 37.6 Å². The summed E-state index contributed by atoms with van der Waals surface area (Å²) in [5.41, 5.74) is -0.00294. The van der Waals surface area contributed by atoms with Gasteiger partial charge in [-0.05, 0) is 24.1 Å². The summed E-state index contributed by atoms with van der Waals surface area (Å²) >= 11 is 0. The first-order valence-electron chi connectivity index (χ1n) is 7.17. The van der Waals surface area contributed by atoms with E-state index in [4.69, 9.17) is 0 Å². The van der Waals surface area contributed by atoms with Crippen LogP contribution in [0.4, 0.5) is 13.2 Å². The summed E-state index contributed by atoms with van der Waals surface area (Å²) in [6.45, 7) is 1.12. The number of halogens is 3. The molecule has 136 valence electrons. The molecule has 0 saturated heterocycles. The Morgan fingerprint density at radius 2 is 1.75 bits per heavy atom. The van der Waals surface area contributed by atoms with Gasteiger partial charge in [0.15, 0.2) is 5.96 Å². The second-order valence-electron chi connectivity index (χ2n) is 5.07. The molecule has 0 heterocycles. The molecule has 0 fully saturated rings. The van der Waals surface area contributed by atoms with Crippen molar-refractivity contribution in [3.63, 3.8) is 0 Å². The molecule has 0 aliphatic rings. The molecule has 0 saturated carbocycles. The standard InChI is InChI=1S/C14H21F3N4O2S/c1-18-13(19-8-3-9-21-24(2,22)23)20-10-11-4-6-12(7-5-11)14(15,16)17/h4-7,21H,3,8-10H2,1-2H3,(H2,18,19,20). The Morgan fingerprint density at radius 3 is 2.25 bits per heavy atom. The summed E-state index contributed by atoms with van der Waals surface area (Å²) in [7, 11) is -1.63. The van der Waals surface area contributed by atoms with Crippen LogP contribution in [-0.2, 0) is 22.7 Å². The molecular formula is C14H21F3N4O2S. The molecule has 0 aliphatic heterocycles. The fourth-order valence-electron chi connectivity index (χ4n) is 1.77. The maximum absolute atomic E-state index is 12.5. The van der Waals surface area contributed by atoms with E-state index in [9.17, 15) is 21.6 Å². The minimum absolute atomic E-state index is 0.307. The molecule has 0 radical (unpaired) electrons. The van der Waals surface area contributed by atoms with Gasteiger partial charge in [-0.15, -0.1) is 0 Å². The molecule has 24 heavy (non-hydrogen) atoms. The molecule has 3 N–H and O–H groups in total. The zero-order valence-electron chi connectivity index (χ0n) is 13.4. The number of hydrogen-bond acceptors (Lipinski definition) is 3. The van der Waals surface area contributed by atoms with Crippen LogP contribution in [0.1, 0.15) is 17.5 Å². The molecule has 1 aromatic rings. The Kier molecular flexibility index (Phi) is 7.49. The minimum Gasteiger partial charge on any atom is -0.356 e. The number of sulfonamides is 1. The van der Waals surface area contributed by atoms with Gasteiger partial charge in [0.05, 0.1) is 11.8 Å². The van der Waals surface area contributed by atoms with Crippen LogP contribution in [0.2, 0.25) is 0 Å². The van der Waals surface area contributed by atoms with E-state index < -0.39 is 21.8 Å². The number of nitrogens with one attached hydrogen (secondary N) is 3. The first kappa shape index (κ1) is 20.2. The van der Waals surface area contributed by atoms with E-state index in [0.717, 1.165) is 18.4 Å². The third-order valence-corrected chi connectivity index (χ3v) is 3.70. The van der Waals surface area contributed by atoms with Crippen LogP contribution in [0.25, 0.3) is 0 Å². The second kappa shape index (κ2) is 8.88. The number of alkyl halides is 3. The van der Waals surface area contributed by atoms with Gasteiger partial charge >= 0.3 is 6.18 Å². The quantitative estimate of drug-likeness (QED) is 0.386. The van der Waals surface area contributed by atoms with Crippen LogP contribution in [0, 0.1) is 0 Å². The van der Waals surface area contributed by atoms with Gasteiger partial charge in [0.1, 0.15) is 0 Å². The van der Waals surface area contributed by atoms with Gasteiger partial charge in [0.2, 0.25) is 10.0 Å². The molecule has 6 nitrogen and oxygen atoms in total. The lowest BCUT2D eigenvalue weighted by Crippen LogP contribution is -2.38. The number of nitrogens with zero attached hydrogens (tertiary/aromatic N) is 1. The minimum atomic E-state index is -4.34. The topological polar surface area (TPSA) is 82.6 Å². The van der Waals surface area contributed by atoms with Crippen molar-refractivity contribution in [3.05, 3.63) is 35.4 Å². The maximum atomic E-state index is 12.5. The maximum Gasteiger partial charge on any atom is 0.416 e. The third-order valence-electron chi connectivity index (χ3n) is 2.98. The van der Waals surface area contributed by atoms with Gasteiger partial charge in [-0.3, -0.25) is 4.99 Å². The van der Waals surface area contributed by atoms with Crippen LogP contribution in [0.15, 0.2) is 29.3 Å². The smallest absolute Gasteiger partial charge is 0.356 e. The lowest BCUT2D eigenvalue weighted by Gasteiger charge is -2.12. The SMILES string of the molecule is CN=C(NCCCNS(C)(=O)=O)NCc1ccc(C(F)(F)F)cc1. The van der Waals surface area contributed by atoms with Crippen molar-refractivity contribution in [3.8, 4) is 0 Å². The molecule has 0 atom stereocenters. The second-order valence-corrected chi connectivity index (χ2v) is 6.90. The van der Waals surface area contributed by atoms with E-state index in [1.165, 1.54) is 12.1 Å². The molecule has 0 spiro atoms.